The van der Waals surface area contributed by atoms with Crippen molar-refractivity contribution in [2.45, 2.75) is 31.8 Å². The number of sulfone groups is 1. The summed E-state index contributed by atoms with van der Waals surface area (Å²) in [5.41, 5.74) is 1.11. The zero-order valence-electron chi connectivity index (χ0n) is 12.7. The summed E-state index contributed by atoms with van der Waals surface area (Å²) in [5.74, 6) is 2.45. The van der Waals surface area contributed by atoms with Crippen molar-refractivity contribution in [2.75, 3.05) is 30.9 Å². The molecule has 2 heterocycles. The molecule has 0 amide bonds. The first-order chi connectivity index (χ1) is 10.0. The number of hydrogen-bond donors (Lipinski definition) is 1. The smallest absolute Gasteiger partial charge is 0.164 e. The summed E-state index contributed by atoms with van der Waals surface area (Å²) in [5, 5.41) is 2.93. The molecular formula is C14H24N2O3S2. The Hall–Kier alpha value is -0.500. The predicted molar refractivity (Wildman–Crippen MR) is 87.1 cm³/mol. The SMILES string of the molecule is CCCNCc1coc(CN2CCSCC2S(C)(=O)=O)c1. The van der Waals surface area contributed by atoms with E-state index in [1.165, 1.54) is 6.26 Å². The van der Waals surface area contributed by atoms with Crippen molar-refractivity contribution in [2.24, 2.45) is 0 Å². The molecule has 0 bridgehead atoms. The fourth-order valence-electron chi connectivity index (χ4n) is 2.40. The second-order valence-electron chi connectivity index (χ2n) is 5.43. The largest absolute Gasteiger partial charge is 0.468 e. The molecule has 1 aliphatic rings. The lowest BCUT2D eigenvalue weighted by Crippen LogP contribution is -2.46. The van der Waals surface area contributed by atoms with E-state index in [-0.39, 0.29) is 0 Å². The predicted octanol–water partition coefficient (Wildman–Crippen LogP) is 1.70. The van der Waals surface area contributed by atoms with Gasteiger partial charge in [0.15, 0.2) is 9.84 Å². The lowest BCUT2D eigenvalue weighted by atomic mass is 10.3. The zero-order chi connectivity index (χ0) is 15.3. The van der Waals surface area contributed by atoms with Gasteiger partial charge in [-0.2, -0.15) is 11.8 Å². The minimum atomic E-state index is -3.05. The Labute approximate surface area is 131 Å². The molecule has 7 heteroatoms. The summed E-state index contributed by atoms with van der Waals surface area (Å²) >= 11 is 1.70. The van der Waals surface area contributed by atoms with E-state index in [9.17, 15) is 8.42 Å². The van der Waals surface area contributed by atoms with E-state index >= 15 is 0 Å². The van der Waals surface area contributed by atoms with Gasteiger partial charge in [-0.3, -0.25) is 4.90 Å². The molecule has 1 aliphatic heterocycles. The third kappa shape index (κ3) is 5.02. The molecule has 5 nitrogen and oxygen atoms in total. The molecule has 0 aromatic carbocycles. The first kappa shape index (κ1) is 16.9. The van der Waals surface area contributed by atoms with Crippen LogP contribution in [0.3, 0.4) is 0 Å². The molecule has 0 saturated carbocycles. The minimum absolute atomic E-state index is 0.400. The van der Waals surface area contributed by atoms with Gasteiger partial charge in [-0.15, -0.1) is 0 Å². The zero-order valence-corrected chi connectivity index (χ0v) is 14.3. The van der Waals surface area contributed by atoms with Crippen LogP contribution in [-0.4, -0.2) is 49.5 Å². The van der Waals surface area contributed by atoms with Crippen molar-refractivity contribution in [3.8, 4) is 0 Å². The fourth-order valence-corrected chi connectivity index (χ4v) is 5.34. The van der Waals surface area contributed by atoms with Crippen molar-refractivity contribution in [3.05, 3.63) is 23.7 Å². The topological polar surface area (TPSA) is 62.6 Å². The summed E-state index contributed by atoms with van der Waals surface area (Å²) in [4.78, 5) is 2.01. The second-order valence-corrected chi connectivity index (χ2v) is 8.78. The van der Waals surface area contributed by atoms with Gasteiger partial charge < -0.3 is 9.73 Å². The number of rotatable bonds is 7. The van der Waals surface area contributed by atoms with E-state index in [0.717, 1.165) is 43.1 Å². The number of nitrogens with zero attached hydrogens (tertiary/aromatic N) is 1. The molecule has 1 unspecified atom stereocenters. The van der Waals surface area contributed by atoms with E-state index in [0.29, 0.717) is 12.3 Å². The highest BCUT2D eigenvalue weighted by Gasteiger charge is 2.31. The van der Waals surface area contributed by atoms with Gasteiger partial charge in [0.2, 0.25) is 0 Å². The standard InChI is InChI=1S/C14H24N2O3S2/c1-3-4-15-8-12-7-13(19-10-12)9-16-5-6-20-11-14(16)21(2,17)18/h7,10,14-15H,3-6,8-9,11H2,1-2H3. The van der Waals surface area contributed by atoms with E-state index in [1.54, 1.807) is 18.0 Å². The monoisotopic (exact) mass is 332 g/mol. The maximum absolute atomic E-state index is 11.9. The number of hydrogen-bond acceptors (Lipinski definition) is 6. The summed E-state index contributed by atoms with van der Waals surface area (Å²) in [6, 6.07) is 2.02. The van der Waals surface area contributed by atoms with Crippen LogP contribution in [0.1, 0.15) is 24.7 Å². The van der Waals surface area contributed by atoms with Gasteiger partial charge in [-0.25, -0.2) is 8.42 Å². The molecule has 1 N–H and O–H groups in total. The molecule has 0 aliphatic carbocycles. The first-order valence-electron chi connectivity index (χ1n) is 7.28. The van der Waals surface area contributed by atoms with E-state index in [4.69, 9.17) is 4.42 Å². The van der Waals surface area contributed by atoms with Crippen LogP contribution in [-0.2, 0) is 22.9 Å². The molecule has 1 saturated heterocycles. The van der Waals surface area contributed by atoms with Gasteiger partial charge in [0, 0.05) is 36.4 Å². The number of nitrogens with one attached hydrogen (secondary N) is 1. The van der Waals surface area contributed by atoms with Crippen LogP contribution in [0.4, 0.5) is 0 Å². The van der Waals surface area contributed by atoms with Crippen LogP contribution in [0.5, 0.6) is 0 Å². The highest BCUT2D eigenvalue weighted by molar-refractivity contribution is 8.00. The van der Waals surface area contributed by atoms with Crippen LogP contribution < -0.4 is 5.32 Å². The highest BCUT2D eigenvalue weighted by Crippen LogP contribution is 2.23. The van der Waals surface area contributed by atoms with Gasteiger partial charge in [0.1, 0.15) is 11.1 Å². The molecule has 0 spiro atoms. The van der Waals surface area contributed by atoms with E-state index < -0.39 is 15.2 Å². The van der Waals surface area contributed by atoms with Crippen molar-refractivity contribution < 1.29 is 12.8 Å². The summed E-state index contributed by atoms with van der Waals surface area (Å²) in [7, 11) is -3.05. The molecule has 1 aromatic heterocycles. The van der Waals surface area contributed by atoms with Crippen molar-refractivity contribution in [1.82, 2.24) is 10.2 Å². The Bertz CT molecular complexity index is 542. The van der Waals surface area contributed by atoms with Gasteiger partial charge in [-0.05, 0) is 19.0 Å². The lowest BCUT2D eigenvalue weighted by molar-refractivity contribution is 0.240. The van der Waals surface area contributed by atoms with E-state index in [2.05, 4.69) is 12.2 Å². The molecule has 1 aromatic rings. The molecule has 1 fully saturated rings. The normalized spacial score (nSPS) is 20.8. The Morgan fingerprint density at radius 1 is 1.52 bits per heavy atom. The van der Waals surface area contributed by atoms with Crippen LogP contribution >= 0.6 is 11.8 Å². The second kappa shape index (κ2) is 7.67. The highest BCUT2D eigenvalue weighted by atomic mass is 32.2. The van der Waals surface area contributed by atoms with Crippen molar-refractivity contribution in [3.63, 3.8) is 0 Å². The molecule has 21 heavy (non-hydrogen) atoms. The van der Waals surface area contributed by atoms with Gasteiger partial charge in [-0.1, -0.05) is 6.92 Å². The number of thioether (sulfide) groups is 1. The van der Waals surface area contributed by atoms with Crippen LogP contribution in [0, 0.1) is 0 Å². The van der Waals surface area contributed by atoms with Gasteiger partial charge in [0.05, 0.1) is 12.8 Å². The molecule has 120 valence electrons. The Balaban J connectivity index is 1.96. The lowest BCUT2D eigenvalue weighted by Gasteiger charge is -2.33. The fraction of sp³-hybridized carbons (Fsp3) is 0.714. The summed E-state index contributed by atoms with van der Waals surface area (Å²) in [6.45, 7) is 5.26. The van der Waals surface area contributed by atoms with Crippen LogP contribution in [0.25, 0.3) is 0 Å². The average Bonchev–Trinajstić information content (AvgIpc) is 2.86. The number of furan rings is 1. The molecule has 0 radical (unpaired) electrons. The average molecular weight is 332 g/mol. The van der Waals surface area contributed by atoms with E-state index in [1.807, 2.05) is 11.0 Å². The van der Waals surface area contributed by atoms with Crippen molar-refractivity contribution in [1.29, 1.82) is 0 Å². The summed E-state index contributed by atoms with van der Waals surface area (Å²) < 4.78 is 29.3. The van der Waals surface area contributed by atoms with Crippen LogP contribution in [0.2, 0.25) is 0 Å². The van der Waals surface area contributed by atoms with Crippen molar-refractivity contribution >= 4 is 21.6 Å². The first-order valence-corrected chi connectivity index (χ1v) is 10.4. The third-order valence-corrected chi connectivity index (χ3v) is 6.19. The third-order valence-electron chi connectivity index (χ3n) is 3.51. The van der Waals surface area contributed by atoms with Gasteiger partial charge >= 0.3 is 0 Å². The Morgan fingerprint density at radius 3 is 3.05 bits per heavy atom. The maximum Gasteiger partial charge on any atom is 0.164 e. The Morgan fingerprint density at radius 2 is 2.33 bits per heavy atom. The summed E-state index contributed by atoms with van der Waals surface area (Å²) in [6.07, 6.45) is 4.18. The molecule has 2 rings (SSSR count). The van der Waals surface area contributed by atoms with Gasteiger partial charge in [0.25, 0.3) is 0 Å². The quantitative estimate of drug-likeness (QED) is 0.767. The molecule has 1 atom stereocenters. The molecular weight excluding hydrogens is 308 g/mol. The minimum Gasteiger partial charge on any atom is -0.468 e. The Kier molecular flexibility index (Phi) is 6.16. The van der Waals surface area contributed by atoms with Crippen LogP contribution in [0.15, 0.2) is 16.7 Å². The maximum atomic E-state index is 11.9.